The summed E-state index contributed by atoms with van der Waals surface area (Å²) in [6.45, 7) is 5.22. The minimum Gasteiger partial charge on any atom is -0.459 e. The van der Waals surface area contributed by atoms with Crippen molar-refractivity contribution >= 4 is 33.9 Å². The van der Waals surface area contributed by atoms with E-state index < -0.39 is 35.5 Å². The molecule has 0 radical (unpaired) electrons. The van der Waals surface area contributed by atoms with E-state index in [1.807, 2.05) is 54.6 Å². The van der Waals surface area contributed by atoms with E-state index in [4.69, 9.17) is 9.47 Å². The normalized spacial score (nSPS) is 18.7. The number of amides is 2. The van der Waals surface area contributed by atoms with Gasteiger partial charge in [-0.2, -0.15) is 0 Å². The van der Waals surface area contributed by atoms with E-state index in [1.165, 1.54) is 0 Å². The summed E-state index contributed by atoms with van der Waals surface area (Å²) < 4.78 is 11.7. The quantitative estimate of drug-likeness (QED) is 0.561. The van der Waals surface area contributed by atoms with Crippen LogP contribution in [0.1, 0.15) is 38.3 Å². The molecule has 164 valence electrons. The highest BCUT2D eigenvalue weighted by Gasteiger charge is 2.48. The average Bonchev–Trinajstić information content (AvgIpc) is 3.02. The lowest BCUT2D eigenvalue weighted by Crippen LogP contribution is -2.46. The molecule has 2 amide bonds. The zero-order chi connectivity index (χ0) is 22.6. The lowest BCUT2D eigenvalue weighted by molar-refractivity contribution is -0.152. The van der Waals surface area contributed by atoms with Gasteiger partial charge in [-0.15, -0.1) is 0 Å². The molecule has 3 rings (SSSR count). The third-order valence-corrected chi connectivity index (χ3v) is 5.36. The highest BCUT2D eigenvalue weighted by atomic mass is 79.9. The van der Waals surface area contributed by atoms with Crippen LogP contribution < -0.4 is 0 Å². The lowest BCUT2D eigenvalue weighted by Gasteiger charge is -2.26. The molecule has 31 heavy (non-hydrogen) atoms. The molecule has 2 aromatic carbocycles. The molecule has 0 aliphatic carbocycles. The topological polar surface area (TPSA) is 72.9 Å². The number of halogens is 1. The van der Waals surface area contributed by atoms with Crippen LogP contribution in [0.15, 0.2) is 59.1 Å². The number of ether oxygens (including phenoxy) is 2. The molecule has 0 bridgehead atoms. The predicted molar refractivity (Wildman–Crippen MR) is 119 cm³/mol. The number of rotatable bonds is 5. The third kappa shape index (κ3) is 6.17. The Labute approximate surface area is 190 Å². The number of carbonyl (C=O) groups excluding carboxylic acids is 3. The fraction of sp³-hybridized carbons (Fsp3) is 0.375. The second-order valence-electron chi connectivity index (χ2n) is 8.56. The zero-order valence-corrected chi connectivity index (χ0v) is 19.4. The van der Waals surface area contributed by atoms with Crippen LogP contribution in [0.5, 0.6) is 0 Å². The summed E-state index contributed by atoms with van der Waals surface area (Å²) in [5, 5.41) is 0. The van der Waals surface area contributed by atoms with E-state index in [0.29, 0.717) is 6.42 Å². The van der Waals surface area contributed by atoms with Gasteiger partial charge in [0, 0.05) is 10.4 Å². The number of carbonyl (C=O) groups is 3. The first-order chi connectivity index (χ1) is 14.6. The Morgan fingerprint density at radius 3 is 2.39 bits per heavy atom. The van der Waals surface area contributed by atoms with Crippen molar-refractivity contribution in [3.63, 3.8) is 0 Å². The van der Waals surface area contributed by atoms with Gasteiger partial charge in [0.2, 0.25) is 5.91 Å². The molecule has 0 spiro atoms. The van der Waals surface area contributed by atoms with Crippen molar-refractivity contribution in [1.29, 1.82) is 0 Å². The minimum atomic E-state index is -1.01. The Hall–Kier alpha value is -2.67. The van der Waals surface area contributed by atoms with E-state index in [9.17, 15) is 14.4 Å². The van der Waals surface area contributed by atoms with Crippen molar-refractivity contribution in [2.45, 2.75) is 51.9 Å². The largest absolute Gasteiger partial charge is 0.459 e. The monoisotopic (exact) mass is 487 g/mol. The van der Waals surface area contributed by atoms with Crippen molar-refractivity contribution in [2.75, 3.05) is 0 Å². The molecule has 2 aromatic rings. The van der Waals surface area contributed by atoms with Gasteiger partial charge in [-0.1, -0.05) is 58.4 Å². The smallest absolute Gasteiger partial charge is 0.417 e. The Kier molecular flexibility index (Phi) is 7.15. The SMILES string of the molecule is CC(C)(C)OC(=O)N1C(=O)[C@@H](Cc2cccc(Br)c2)C[C@@H]1C(=O)OCc1ccccc1. The van der Waals surface area contributed by atoms with Crippen LogP contribution in [0.25, 0.3) is 0 Å². The molecule has 0 saturated carbocycles. The van der Waals surface area contributed by atoms with Gasteiger partial charge < -0.3 is 9.47 Å². The number of benzene rings is 2. The first kappa shape index (κ1) is 23.0. The van der Waals surface area contributed by atoms with Crippen molar-refractivity contribution in [3.8, 4) is 0 Å². The van der Waals surface area contributed by atoms with Gasteiger partial charge in [0.25, 0.3) is 0 Å². The molecular weight excluding hydrogens is 462 g/mol. The molecule has 0 unspecified atom stereocenters. The molecule has 1 aliphatic heterocycles. The molecule has 1 heterocycles. The third-order valence-electron chi connectivity index (χ3n) is 4.86. The van der Waals surface area contributed by atoms with Gasteiger partial charge in [0.1, 0.15) is 18.2 Å². The van der Waals surface area contributed by atoms with Gasteiger partial charge in [-0.05, 0) is 56.9 Å². The molecule has 2 atom stereocenters. The Morgan fingerprint density at radius 1 is 1.06 bits per heavy atom. The van der Waals surface area contributed by atoms with Gasteiger partial charge in [-0.3, -0.25) is 4.79 Å². The van der Waals surface area contributed by atoms with E-state index in [2.05, 4.69) is 15.9 Å². The van der Waals surface area contributed by atoms with Gasteiger partial charge in [0.15, 0.2) is 0 Å². The van der Waals surface area contributed by atoms with Crippen molar-refractivity contribution in [1.82, 2.24) is 4.90 Å². The van der Waals surface area contributed by atoms with Crippen molar-refractivity contribution in [2.24, 2.45) is 5.92 Å². The minimum absolute atomic E-state index is 0.0722. The molecule has 1 saturated heterocycles. The molecule has 0 aromatic heterocycles. The van der Waals surface area contributed by atoms with E-state index in [0.717, 1.165) is 20.5 Å². The summed E-state index contributed by atoms with van der Waals surface area (Å²) in [5.74, 6) is -1.55. The average molecular weight is 488 g/mol. The van der Waals surface area contributed by atoms with E-state index in [-0.39, 0.29) is 13.0 Å². The van der Waals surface area contributed by atoms with Crippen molar-refractivity contribution < 1.29 is 23.9 Å². The number of nitrogens with zero attached hydrogens (tertiary/aromatic N) is 1. The molecule has 1 aliphatic rings. The standard InChI is InChI=1S/C24H26BrNO5/c1-24(2,3)31-23(29)26-20(22(28)30-15-16-8-5-4-6-9-16)14-18(21(26)27)12-17-10-7-11-19(25)13-17/h4-11,13,18,20H,12,14-15H2,1-3H3/t18-,20+/m0/s1. The fourth-order valence-electron chi connectivity index (χ4n) is 3.50. The molecule has 1 fully saturated rings. The first-order valence-electron chi connectivity index (χ1n) is 10.1. The van der Waals surface area contributed by atoms with Gasteiger partial charge in [0.05, 0.1) is 0 Å². The second kappa shape index (κ2) is 9.64. The summed E-state index contributed by atoms with van der Waals surface area (Å²) in [4.78, 5) is 39.7. The molecule has 6 nitrogen and oxygen atoms in total. The van der Waals surface area contributed by atoms with Crippen LogP contribution >= 0.6 is 15.9 Å². The number of imide groups is 1. The Balaban J connectivity index is 1.78. The van der Waals surface area contributed by atoms with E-state index in [1.54, 1.807) is 20.8 Å². The van der Waals surface area contributed by atoms with Gasteiger partial charge >= 0.3 is 12.1 Å². The zero-order valence-electron chi connectivity index (χ0n) is 17.8. The Morgan fingerprint density at radius 2 is 1.74 bits per heavy atom. The highest BCUT2D eigenvalue weighted by Crippen LogP contribution is 2.31. The highest BCUT2D eigenvalue weighted by molar-refractivity contribution is 9.10. The first-order valence-corrected chi connectivity index (χ1v) is 10.9. The number of likely N-dealkylation sites (tertiary alicyclic amines) is 1. The summed E-state index contributed by atoms with van der Waals surface area (Å²) in [6.07, 6.45) is -0.214. The van der Waals surface area contributed by atoms with Crippen LogP contribution in [0.2, 0.25) is 0 Å². The lowest BCUT2D eigenvalue weighted by atomic mass is 9.96. The van der Waals surface area contributed by atoms with Crippen LogP contribution in [0.3, 0.4) is 0 Å². The van der Waals surface area contributed by atoms with Crippen molar-refractivity contribution in [3.05, 3.63) is 70.2 Å². The molecular formula is C24H26BrNO5. The second-order valence-corrected chi connectivity index (χ2v) is 9.48. The van der Waals surface area contributed by atoms with Gasteiger partial charge in [-0.25, -0.2) is 14.5 Å². The van der Waals surface area contributed by atoms with E-state index >= 15 is 0 Å². The summed E-state index contributed by atoms with van der Waals surface area (Å²) in [5.41, 5.74) is 0.975. The van der Waals surface area contributed by atoms with Crippen LogP contribution in [0, 0.1) is 5.92 Å². The molecule has 7 heteroatoms. The van der Waals surface area contributed by atoms with Crippen LogP contribution in [-0.4, -0.2) is 34.5 Å². The summed E-state index contributed by atoms with van der Waals surface area (Å²) in [6, 6.07) is 15.9. The van der Waals surface area contributed by atoms with Crippen LogP contribution in [-0.2, 0) is 32.1 Å². The molecule has 0 N–H and O–H groups in total. The summed E-state index contributed by atoms with van der Waals surface area (Å²) in [7, 11) is 0. The summed E-state index contributed by atoms with van der Waals surface area (Å²) >= 11 is 3.43. The fourth-order valence-corrected chi connectivity index (χ4v) is 3.95. The number of hydrogen-bond donors (Lipinski definition) is 0. The maximum absolute atomic E-state index is 13.1. The maximum atomic E-state index is 13.1. The number of hydrogen-bond acceptors (Lipinski definition) is 5. The van der Waals surface area contributed by atoms with Crippen LogP contribution in [0.4, 0.5) is 4.79 Å². The number of esters is 1. The Bertz CT molecular complexity index is 954. The maximum Gasteiger partial charge on any atom is 0.417 e. The predicted octanol–water partition coefficient (Wildman–Crippen LogP) is 4.89.